The van der Waals surface area contributed by atoms with Crippen molar-refractivity contribution >= 4 is 29.2 Å². The monoisotopic (exact) mass is 224 g/mol. The fourth-order valence-corrected chi connectivity index (χ4v) is 1.15. The van der Waals surface area contributed by atoms with Crippen LogP contribution in [0.15, 0.2) is 16.2 Å². The number of ether oxygens (including phenoxy) is 1. The molecule has 0 aromatic carbocycles. The number of hydrazine groups is 2. The van der Waals surface area contributed by atoms with Crippen LogP contribution in [0.2, 0.25) is 0 Å². The Kier molecular flexibility index (Phi) is 4.31. The second-order valence-electron chi connectivity index (χ2n) is 2.26. The maximum atomic E-state index is 5.69. The van der Waals surface area contributed by atoms with E-state index in [4.69, 9.17) is 28.1 Å². The number of rotatable bonds is 3. The Morgan fingerprint density at radius 3 is 3.00 bits per heavy atom. The van der Waals surface area contributed by atoms with E-state index in [1.165, 1.54) is 0 Å². The van der Waals surface area contributed by atoms with Crippen LogP contribution in [0.4, 0.5) is 0 Å². The summed E-state index contributed by atoms with van der Waals surface area (Å²) in [6.07, 6.45) is 1.64. The van der Waals surface area contributed by atoms with Gasteiger partial charge in [-0.15, -0.1) is 0 Å². The first-order chi connectivity index (χ1) is 6.22. The highest BCUT2D eigenvalue weighted by atomic mass is 35.5. The molecule has 13 heavy (non-hydrogen) atoms. The first kappa shape index (κ1) is 10.6. The Bertz CT molecular complexity index is 231. The SMILES string of the molecule is COCCN=C1C=C(Cl)NN(Cl)N1. The Hall–Kier alpha value is -0.490. The molecule has 0 atom stereocenters. The quantitative estimate of drug-likeness (QED) is 0.419. The molecule has 2 N–H and O–H groups in total. The summed E-state index contributed by atoms with van der Waals surface area (Å²) >= 11 is 11.3. The first-order valence-corrected chi connectivity index (χ1v) is 4.34. The first-order valence-electron chi connectivity index (χ1n) is 3.62. The lowest BCUT2D eigenvalue weighted by atomic mass is 10.5. The third-order valence-electron chi connectivity index (χ3n) is 1.26. The van der Waals surface area contributed by atoms with Crippen molar-refractivity contribution in [3.63, 3.8) is 0 Å². The van der Waals surface area contributed by atoms with E-state index in [0.29, 0.717) is 24.1 Å². The lowest BCUT2D eigenvalue weighted by Crippen LogP contribution is -2.46. The molecule has 1 rings (SSSR count). The van der Waals surface area contributed by atoms with Crippen molar-refractivity contribution in [3.8, 4) is 0 Å². The summed E-state index contributed by atoms with van der Waals surface area (Å²) in [5.41, 5.74) is 5.33. The highest BCUT2D eigenvalue weighted by Gasteiger charge is 2.10. The minimum atomic E-state index is 0.407. The summed E-state index contributed by atoms with van der Waals surface area (Å²) in [7, 11) is 1.62. The molecule has 0 amide bonds. The van der Waals surface area contributed by atoms with Crippen LogP contribution in [0.3, 0.4) is 0 Å². The normalized spacial score (nSPS) is 20.8. The van der Waals surface area contributed by atoms with Crippen LogP contribution < -0.4 is 10.9 Å². The third kappa shape index (κ3) is 3.82. The second-order valence-corrected chi connectivity index (χ2v) is 3.00. The van der Waals surface area contributed by atoms with Gasteiger partial charge >= 0.3 is 0 Å². The van der Waals surface area contributed by atoms with Crippen molar-refractivity contribution in [1.82, 2.24) is 15.5 Å². The topological polar surface area (TPSA) is 48.9 Å². The molecule has 74 valence electrons. The molecular weight excluding hydrogens is 215 g/mol. The molecule has 5 nitrogen and oxygen atoms in total. The highest BCUT2D eigenvalue weighted by molar-refractivity contribution is 6.31. The number of nitrogens with zero attached hydrogens (tertiary/aromatic N) is 2. The van der Waals surface area contributed by atoms with Gasteiger partial charge < -0.3 is 4.74 Å². The minimum Gasteiger partial charge on any atom is -0.383 e. The smallest absolute Gasteiger partial charge is 0.141 e. The molecule has 7 heteroatoms. The summed E-state index contributed by atoms with van der Waals surface area (Å²) < 4.78 is 5.94. The molecule has 0 unspecified atom stereocenters. The van der Waals surface area contributed by atoms with Crippen LogP contribution in [0.1, 0.15) is 0 Å². The molecule has 0 aliphatic carbocycles. The molecule has 1 heterocycles. The van der Waals surface area contributed by atoms with Crippen LogP contribution in [0.5, 0.6) is 0 Å². The van der Waals surface area contributed by atoms with E-state index in [0.717, 1.165) is 4.64 Å². The maximum absolute atomic E-state index is 5.69. The molecule has 0 radical (unpaired) electrons. The van der Waals surface area contributed by atoms with E-state index < -0.39 is 0 Å². The molecule has 0 saturated heterocycles. The predicted molar refractivity (Wildman–Crippen MR) is 52.1 cm³/mol. The third-order valence-corrected chi connectivity index (χ3v) is 1.62. The van der Waals surface area contributed by atoms with Gasteiger partial charge in [0.15, 0.2) is 0 Å². The fraction of sp³-hybridized carbons (Fsp3) is 0.500. The summed E-state index contributed by atoms with van der Waals surface area (Å²) in [6.45, 7) is 1.12. The molecule has 1 aliphatic rings. The van der Waals surface area contributed by atoms with Crippen molar-refractivity contribution in [2.24, 2.45) is 4.99 Å². The van der Waals surface area contributed by atoms with Crippen molar-refractivity contribution in [1.29, 1.82) is 0 Å². The summed E-state index contributed by atoms with van der Waals surface area (Å²) in [6, 6.07) is 0. The van der Waals surface area contributed by atoms with Crippen LogP contribution >= 0.6 is 23.4 Å². The Morgan fingerprint density at radius 2 is 2.38 bits per heavy atom. The van der Waals surface area contributed by atoms with Gasteiger partial charge in [0.25, 0.3) is 0 Å². The van der Waals surface area contributed by atoms with E-state index in [2.05, 4.69) is 15.8 Å². The Labute approximate surface area is 86.4 Å². The minimum absolute atomic E-state index is 0.407. The maximum Gasteiger partial charge on any atom is 0.141 e. The van der Waals surface area contributed by atoms with Crippen LogP contribution in [0.25, 0.3) is 0 Å². The average molecular weight is 225 g/mol. The molecule has 0 aromatic rings. The molecule has 0 fully saturated rings. The van der Waals surface area contributed by atoms with E-state index in [1.807, 2.05) is 0 Å². The average Bonchev–Trinajstić information content (AvgIpc) is 2.03. The molecular formula is C6H10Cl2N4O. The second kappa shape index (κ2) is 5.29. The predicted octanol–water partition coefficient (Wildman–Crippen LogP) is 0.590. The van der Waals surface area contributed by atoms with E-state index in [9.17, 15) is 0 Å². The summed E-state index contributed by atoms with van der Waals surface area (Å²) in [5, 5.41) is 0.407. The number of hydrogen-bond acceptors (Lipinski definition) is 4. The van der Waals surface area contributed by atoms with Gasteiger partial charge in [0, 0.05) is 25.0 Å². The summed E-state index contributed by atoms with van der Waals surface area (Å²) in [5.74, 6) is 0.593. The van der Waals surface area contributed by atoms with Gasteiger partial charge in [-0.3, -0.25) is 15.8 Å². The standard InChI is InChI=1S/C6H10Cl2N4O/c1-13-3-2-9-6-4-5(7)10-12(8)11-6/h4,10H,2-3H2,1H3,(H,9,11). The van der Waals surface area contributed by atoms with Crippen molar-refractivity contribution in [3.05, 3.63) is 11.2 Å². The summed E-state index contributed by atoms with van der Waals surface area (Å²) in [4.78, 5) is 4.13. The van der Waals surface area contributed by atoms with Gasteiger partial charge in [0.2, 0.25) is 0 Å². The zero-order valence-corrected chi connectivity index (χ0v) is 8.56. The van der Waals surface area contributed by atoms with Gasteiger partial charge in [-0.2, -0.15) is 0 Å². The van der Waals surface area contributed by atoms with Crippen LogP contribution in [-0.4, -0.2) is 30.7 Å². The van der Waals surface area contributed by atoms with Gasteiger partial charge in [0.05, 0.1) is 13.2 Å². The number of hydrogen-bond donors (Lipinski definition) is 2. The largest absolute Gasteiger partial charge is 0.383 e. The lowest BCUT2D eigenvalue weighted by Gasteiger charge is -2.21. The number of halogens is 2. The van der Waals surface area contributed by atoms with Gasteiger partial charge in [-0.25, -0.2) is 0 Å². The zero-order valence-electron chi connectivity index (χ0n) is 7.05. The van der Waals surface area contributed by atoms with Crippen LogP contribution in [-0.2, 0) is 4.74 Å². The Morgan fingerprint density at radius 1 is 1.62 bits per heavy atom. The van der Waals surface area contributed by atoms with Crippen LogP contribution in [0, 0.1) is 0 Å². The highest BCUT2D eigenvalue weighted by Crippen LogP contribution is 2.03. The molecule has 0 aromatic heterocycles. The molecule has 0 spiro atoms. The molecule has 0 saturated carbocycles. The number of methoxy groups -OCH3 is 1. The number of nitrogens with one attached hydrogen (secondary N) is 2. The van der Waals surface area contributed by atoms with Crippen molar-refractivity contribution < 1.29 is 4.74 Å². The van der Waals surface area contributed by atoms with Crippen molar-refractivity contribution in [2.45, 2.75) is 0 Å². The fourth-order valence-electron chi connectivity index (χ4n) is 0.745. The zero-order chi connectivity index (χ0) is 9.68. The Balaban J connectivity index is 2.49. The van der Waals surface area contributed by atoms with E-state index in [-0.39, 0.29) is 0 Å². The van der Waals surface area contributed by atoms with Crippen molar-refractivity contribution in [2.75, 3.05) is 20.3 Å². The number of amidine groups is 1. The number of aliphatic imine (C=N–C) groups is 1. The molecule has 1 aliphatic heterocycles. The lowest BCUT2D eigenvalue weighted by molar-refractivity contribution is 0.207. The van der Waals surface area contributed by atoms with E-state index in [1.54, 1.807) is 13.2 Å². The van der Waals surface area contributed by atoms with Gasteiger partial charge in [-0.1, -0.05) is 11.6 Å². The molecule has 0 bridgehead atoms. The van der Waals surface area contributed by atoms with Gasteiger partial charge in [-0.05, 0) is 4.64 Å². The van der Waals surface area contributed by atoms with E-state index >= 15 is 0 Å². The van der Waals surface area contributed by atoms with Gasteiger partial charge in [0.1, 0.15) is 11.0 Å².